The first-order valence-electron chi connectivity index (χ1n) is 8.77. The van der Waals surface area contributed by atoms with Gasteiger partial charge in [0.15, 0.2) is 0 Å². The predicted octanol–water partition coefficient (Wildman–Crippen LogP) is 4.82. The molecule has 0 saturated carbocycles. The molecule has 1 amide bonds. The Labute approximate surface area is 160 Å². The summed E-state index contributed by atoms with van der Waals surface area (Å²) < 4.78 is 0. The van der Waals surface area contributed by atoms with Crippen molar-refractivity contribution in [2.45, 2.75) is 45.6 Å². The molecule has 1 saturated heterocycles. The summed E-state index contributed by atoms with van der Waals surface area (Å²) in [5.74, 6) is 0.144. The summed E-state index contributed by atoms with van der Waals surface area (Å²) in [5.41, 5.74) is 3.29. The SMILES string of the molecule is Cc1cc(C)cc(NC(=O)[C@@H]2CCCCN2CCc2cccs2)c1.Cl. The van der Waals surface area contributed by atoms with Crippen LogP contribution in [-0.4, -0.2) is 29.9 Å². The summed E-state index contributed by atoms with van der Waals surface area (Å²) in [6.45, 7) is 6.12. The molecule has 5 heteroatoms. The van der Waals surface area contributed by atoms with Crippen molar-refractivity contribution in [3.8, 4) is 0 Å². The van der Waals surface area contributed by atoms with E-state index in [-0.39, 0.29) is 24.4 Å². The van der Waals surface area contributed by atoms with Gasteiger partial charge in [0.05, 0.1) is 6.04 Å². The number of hydrogen-bond donors (Lipinski definition) is 1. The van der Waals surface area contributed by atoms with Gasteiger partial charge in [0.2, 0.25) is 5.91 Å². The number of benzene rings is 1. The molecule has 1 aromatic heterocycles. The third kappa shape index (κ3) is 5.56. The van der Waals surface area contributed by atoms with Gasteiger partial charge in [-0.05, 0) is 74.4 Å². The van der Waals surface area contributed by atoms with Crippen molar-refractivity contribution in [1.82, 2.24) is 4.90 Å². The highest BCUT2D eigenvalue weighted by Gasteiger charge is 2.28. The van der Waals surface area contributed by atoms with Gasteiger partial charge < -0.3 is 5.32 Å². The molecule has 1 aliphatic heterocycles. The molecule has 1 fully saturated rings. The zero-order valence-electron chi connectivity index (χ0n) is 15.0. The van der Waals surface area contributed by atoms with Gasteiger partial charge in [-0.1, -0.05) is 18.6 Å². The van der Waals surface area contributed by atoms with Crippen molar-refractivity contribution in [3.63, 3.8) is 0 Å². The van der Waals surface area contributed by atoms with Crippen LogP contribution in [0.3, 0.4) is 0 Å². The second kappa shape index (κ2) is 9.37. The fourth-order valence-corrected chi connectivity index (χ4v) is 4.23. The van der Waals surface area contributed by atoms with Crippen LogP contribution in [0.5, 0.6) is 0 Å². The summed E-state index contributed by atoms with van der Waals surface area (Å²) in [5, 5.41) is 5.26. The fourth-order valence-electron chi connectivity index (χ4n) is 3.54. The second-order valence-electron chi connectivity index (χ2n) is 6.74. The van der Waals surface area contributed by atoms with Crippen LogP contribution in [0.15, 0.2) is 35.7 Å². The Hall–Kier alpha value is -1.36. The maximum absolute atomic E-state index is 12.8. The number of nitrogens with zero attached hydrogens (tertiary/aromatic N) is 1. The second-order valence-corrected chi connectivity index (χ2v) is 7.77. The number of carbonyl (C=O) groups excluding carboxylic acids is 1. The first kappa shape index (κ1) is 20.0. The van der Waals surface area contributed by atoms with Crippen molar-refractivity contribution in [1.29, 1.82) is 0 Å². The summed E-state index contributed by atoms with van der Waals surface area (Å²) in [6.07, 6.45) is 4.32. The van der Waals surface area contributed by atoms with Gasteiger partial charge in [-0.15, -0.1) is 23.7 Å². The van der Waals surface area contributed by atoms with Gasteiger partial charge in [0.25, 0.3) is 0 Å². The third-order valence-corrected chi connectivity index (χ3v) is 5.57. The van der Waals surface area contributed by atoms with Gasteiger partial charge in [0, 0.05) is 17.1 Å². The highest BCUT2D eigenvalue weighted by atomic mass is 35.5. The summed E-state index contributed by atoms with van der Waals surface area (Å²) >= 11 is 1.80. The quantitative estimate of drug-likeness (QED) is 0.808. The average Bonchev–Trinajstić information content (AvgIpc) is 3.05. The predicted molar refractivity (Wildman–Crippen MR) is 109 cm³/mol. The number of nitrogens with one attached hydrogen (secondary N) is 1. The monoisotopic (exact) mass is 378 g/mol. The summed E-state index contributed by atoms with van der Waals surface area (Å²) in [6, 6.07) is 10.5. The number of hydrogen-bond acceptors (Lipinski definition) is 3. The van der Waals surface area contributed by atoms with Crippen LogP contribution in [0.4, 0.5) is 5.69 Å². The lowest BCUT2D eigenvalue weighted by molar-refractivity contribution is -0.122. The lowest BCUT2D eigenvalue weighted by Gasteiger charge is -2.34. The van der Waals surface area contributed by atoms with E-state index < -0.39 is 0 Å². The smallest absolute Gasteiger partial charge is 0.241 e. The van der Waals surface area contributed by atoms with Gasteiger partial charge in [-0.2, -0.15) is 0 Å². The Morgan fingerprint density at radius 2 is 2.00 bits per heavy atom. The molecule has 2 aromatic rings. The van der Waals surface area contributed by atoms with Gasteiger partial charge in [-0.3, -0.25) is 9.69 Å². The Morgan fingerprint density at radius 1 is 1.24 bits per heavy atom. The van der Waals surface area contributed by atoms with E-state index in [9.17, 15) is 4.79 Å². The van der Waals surface area contributed by atoms with E-state index in [0.29, 0.717) is 0 Å². The molecule has 2 heterocycles. The minimum atomic E-state index is -0.000435. The average molecular weight is 379 g/mol. The zero-order chi connectivity index (χ0) is 16.9. The Kier molecular flexibility index (Phi) is 7.48. The lowest BCUT2D eigenvalue weighted by atomic mass is 10.0. The molecular weight excluding hydrogens is 352 g/mol. The Bertz CT molecular complexity index is 667. The molecule has 1 aliphatic rings. The topological polar surface area (TPSA) is 32.3 Å². The summed E-state index contributed by atoms with van der Waals surface area (Å²) in [7, 11) is 0. The molecule has 25 heavy (non-hydrogen) atoms. The van der Waals surface area contributed by atoms with Gasteiger partial charge >= 0.3 is 0 Å². The number of anilines is 1. The fraction of sp³-hybridized carbons (Fsp3) is 0.450. The first-order valence-corrected chi connectivity index (χ1v) is 9.65. The molecular formula is C20H27ClN2OS. The minimum Gasteiger partial charge on any atom is -0.325 e. The molecule has 1 atom stereocenters. The molecule has 3 rings (SSSR count). The van der Waals surface area contributed by atoms with E-state index in [0.717, 1.165) is 38.0 Å². The van der Waals surface area contributed by atoms with Crippen LogP contribution in [-0.2, 0) is 11.2 Å². The van der Waals surface area contributed by atoms with E-state index in [1.54, 1.807) is 11.3 Å². The standard InChI is InChI=1S/C20H26N2OS.ClH/c1-15-12-16(2)14-17(13-15)21-20(23)19-7-3-4-9-22(19)10-8-18-6-5-11-24-18;/h5-6,11-14,19H,3-4,7-10H2,1-2H3,(H,21,23);1H/t19-;/m0./s1. The zero-order valence-corrected chi connectivity index (χ0v) is 16.6. The summed E-state index contributed by atoms with van der Waals surface area (Å²) in [4.78, 5) is 16.6. The number of aryl methyl sites for hydroxylation is 2. The molecule has 0 aliphatic carbocycles. The number of carbonyl (C=O) groups is 1. The van der Waals surface area contributed by atoms with E-state index in [1.807, 2.05) is 12.1 Å². The molecule has 0 unspecified atom stereocenters. The largest absolute Gasteiger partial charge is 0.325 e. The molecule has 0 spiro atoms. The molecule has 0 bridgehead atoms. The van der Waals surface area contributed by atoms with Crippen LogP contribution in [0, 0.1) is 13.8 Å². The van der Waals surface area contributed by atoms with E-state index in [4.69, 9.17) is 0 Å². The van der Waals surface area contributed by atoms with Gasteiger partial charge in [-0.25, -0.2) is 0 Å². The molecule has 3 nitrogen and oxygen atoms in total. The van der Waals surface area contributed by atoms with Crippen LogP contribution in [0.2, 0.25) is 0 Å². The molecule has 1 aromatic carbocycles. The van der Waals surface area contributed by atoms with Crippen LogP contribution >= 0.6 is 23.7 Å². The maximum Gasteiger partial charge on any atom is 0.241 e. The third-order valence-electron chi connectivity index (χ3n) is 4.63. The first-order chi connectivity index (χ1) is 11.6. The van der Waals surface area contributed by atoms with Crippen LogP contribution in [0.25, 0.3) is 0 Å². The normalized spacial score (nSPS) is 17.8. The van der Waals surface area contributed by atoms with Crippen molar-refractivity contribution >= 4 is 35.3 Å². The molecule has 1 N–H and O–H groups in total. The maximum atomic E-state index is 12.8. The molecule has 136 valence electrons. The van der Waals surface area contributed by atoms with Gasteiger partial charge in [0.1, 0.15) is 0 Å². The molecule has 0 radical (unpaired) electrons. The van der Waals surface area contributed by atoms with E-state index >= 15 is 0 Å². The Balaban J connectivity index is 0.00000225. The van der Waals surface area contributed by atoms with Crippen molar-refractivity contribution in [2.75, 3.05) is 18.4 Å². The highest BCUT2D eigenvalue weighted by Crippen LogP contribution is 2.21. The van der Waals surface area contributed by atoms with E-state index in [1.165, 1.54) is 22.4 Å². The lowest BCUT2D eigenvalue weighted by Crippen LogP contribution is -2.47. The van der Waals surface area contributed by atoms with E-state index in [2.05, 4.69) is 47.6 Å². The van der Waals surface area contributed by atoms with Crippen molar-refractivity contribution in [3.05, 3.63) is 51.7 Å². The number of piperidine rings is 1. The number of amides is 1. The number of rotatable bonds is 5. The van der Waals surface area contributed by atoms with Crippen LogP contribution < -0.4 is 5.32 Å². The highest BCUT2D eigenvalue weighted by molar-refractivity contribution is 7.09. The van der Waals surface area contributed by atoms with Crippen molar-refractivity contribution in [2.24, 2.45) is 0 Å². The van der Waals surface area contributed by atoms with Crippen LogP contribution in [0.1, 0.15) is 35.3 Å². The van der Waals surface area contributed by atoms with Crippen molar-refractivity contribution < 1.29 is 4.79 Å². The number of likely N-dealkylation sites (tertiary alicyclic amines) is 1. The Morgan fingerprint density at radius 3 is 2.68 bits per heavy atom. The number of halogens is 1. The number of thiophene rings is 1. The minimum absolute atomic E-state index is 0.